The van der Waals surface area contributed by atoms with Gasteiger partial charge in [-0.1, -0.05) is 30.3 Å². The Labute approximate surface area is 189 Å². The maximum Gasteiger partial charge on any atom is 0.251 e. The molecule has 0 N–H and O–H groups in total. The fraction of sp³-hybridized carbons (Fsp3) is 0.440. The maximum absolute atomic E-state index is 13.2. The number of anilines is 2. The summed E-state index contributed by atoms with van der Waals surface area (Å²) in [5, 5.41) is 0. The minimum absolute atomic E-state index is 0.0920. The number of piperazine rings is 1. The largest absolute Gasteiger partial charge is 0.378 e. The normalized spacial score (nSPS) is 23.2. The van der Waals surface area contributed by atoms with E-state index in [1.165, 1.54) is 10.5 Å². The van der Waals surface area contributed by atoms with E-state index in [0.29, 0.717) is 5.69 Å². The van der Waals surface area contributed by atoms with Crippen molar-refractivity contribution in [3.05, 3.63) is 60.2 Å². The molecule has 0 radical (unpaired) electrons. The van der Waals surface area contributed by atoms with Gasteiger partial charge in [0.2, 0.25) is 5.91 Å². The fourth-order valence-corrected chi connectivity index (χ4v) is 4.88. The quantitative estimate of drug-likeness (QED) is 0.671. The Bertz CT molecular complexity index is 935. The zero-order valence-corrected chi connectivity index (χ0v) is 18.4. The standard InChI is InChI=1S/C25H30N4O3/c30-24-18-23(28-12-10-26(11-13-28)19-20-4-2-1-3-5-20)25(31)29(24)22-8-6-21(7-9-22)27-14-16-32-17-15-27/h1-9,23H,10-19H2. The summed E-state index contributed by atoms with van der Waals surface area (Å²) < 4.78 is 5.41. The van der Waals surface area contributed by atoms with Crippen molar-refractivity contribution in [2.24, 2.45) is 0 Å². The van der Waals surface area contributed by atoms with Crippen LogP contribution in [0.3, 0.4) is 0 Å². The third-order valence-electron chi connectivity index (χ3n) is 6.70. The van der Waals surface area contributed by atoms with Crippen molar-refractivity contribution in [3.8, 4) is 0 Å². The minimum atomic E-state index is -0.347. The first kappa shape index (κ1) is 21.1. The first-order valence-electron chi connectivity index (χ1n) is 11.5. The lowest BCUT2D eigenvalue weighted by molar-refractivity contribution is -0.123. The molecule has 1 atom stereocenters. The number of morpholine rings is 1. The molecule has 32 heavy (non-hydrogen) atoms. The number of rotatable bonds is 5. The number of hydrogen-bond donors (Lipinski definition) is 0. The van der Waals surface area contributed by atoms with Crippen LogP contribution in [0.1, 0.15) is 12.0 Å². The third kappa shape index (κ3) is 4.41. The van der Waals surface area contributed by atoms with Gasteiger partial charge in [-0.25, -0.2) is 4.90 Å². The van der Waals surface area contributed by atoms with Crippen LogP contribution < -0.4 is 9.80 Å². The van der Waals surface area contributed by atoms with Crippen LogP contribution in [-0.2, 0) is 20.9 Å². The van der Waals surface area contributed by atoms with Gasteiger partial charge in [-0.05, 0) is 29.8 Å². The lowest BCUT2D eigenvalue weighted by atomic mass is 10.1. The number of nitrogens with zero attached hydrogens (tertiary/aromatic N) is 4. The zero-order chi connectivity index (χ0) is 21.9. The predicted octanol–water partition coefficient (Wildman–Crippen LogP) is 1.97. The highest BCUT2D eigenvalue weighted by Crippen LogP contribution is 2.28. The Morgan fingerprint density at radius 3 is 2.12 bits per heavy atom. The molecule has 7 nitrogen and oxygen atoms in total. The monoisotopic (exact) mass is 434 g/mol. The van der Waals surface area contributed by atoms with Gasteiger partial charge in [-0.15, -0.1) is 0 Å². The first-order chi connectivity index (χ1) is 15.7. The number of imide groups is 1. The summed E-state index contributed by atoms with van der Waals surface area (Å²) in [6.45, 7) is 7.52. The number of amides is 2. The van der Waals surface area contributed by atoms with Crippen LogP contribution >= 0.6 is 0 Å². The molecule has 3 aliphatic rings. The molecule has 3 saturated heterocycles. The van der Waals surface area contributed by atoms with Gasteiger partial charge in [0.1, 0.15) is 0 Å². The Morgan fingerprint density at radius 1 is 0.781 bits per heavy atom. The smallest absolute Gasteiger partial charge is 0.251 e. The molecule has 2 amide bonds. The SMILES string of the molecule is O=C1CC(N2CCN(Cc3ccccc3)CC2)C(=O)N1c1ccc(N2CCOCC2)cc1. The second kappa shape index (κ2) is 9.40. The molecule has 3 heterocycles. The van der Waals surface area contributed by atoms with Gasteiger partial charge in [-0.2, -0.15) is 0 Å². The van der Waals surface area contributed by atoms with E-state index in [9.17, 15) is 9.59 Å². The lowest BCUT2D eigenvalue weighted by Gasteiger charge is -2.37. The van der Waals surface area contributed by atoms with Gasteiger partial charge in [-0.3, -0.25) is 19.4 Å². The molecule has 3 aliphatic heterocycles. The highest BCUT2D eigenvalue weighted by molar-refractivity contribution is 6.22. The third-order valence-corrected chi connectivity index (χ3v) is 6.70. The highest BCUT2D eigenvalue weighted by atomic mass is 16.5. The summed E-state index contributed by atoms with van der Waals surface area (Å²) >= 11 is 0. The second-order valence-electron chi connectivity index (χ2n) is 8.70. The molecule has 168 valence electrons. The summed E-state index contributed by atoms with van der Waals surface area (Å²) in [7, 11) is 0. The number of ether oxygens (including phenoxy) is 1. The van der Waals surface area contributed by atoms with Crippen LogP contribution in [0.25, 0.3) is 0 Å². The molecule has 5 rings (SSSR count). The van der Waals surface area contributed by atoms with E-state index in [1.54, 1.807) is 0 Å². The summed E-state index contributed by atoms with van der Waals surface area (Å²) in [5.41, 5.74) is 3.07. The van der Waals surface area contributed by atoms with E-state index in [-0.39, 0.29) is 24.3 Å². The van der Waals surface area contributed by atoms with Crippen molar-refractivity contribution >= 4 is 23.2 Å². The molecule has 0 aromatic heterocycles. The lowest BCUT2D eigenvalue weighted by Crippen LogP contribution is -2.52. The van der Waals surface area contributed by atoms with Crippen molar-refractivity contribution in [3.63, 3.8) is 0 Å². The fourth-order valence-electron chi connectivity index (χ4n) is 4.88. The van der Waals surface area contributed by atoms with Crippen molar-refractivity contribution in [1.82, 2.24) is 9.80 Å². The minimum Gasteiger partial charge on any atom is -0.378 e. The van der Waals surface area contributed by atoms with Gasteiger partial charge in [0.25, 0.3) is 5.91 Å². The van der Waals surface area contributed by atoms with Gasteiger partial charge < -0.3 is 9.64 Å². The number of benzene rings is 2. The van der Waals surface area contributed by atoms with E-state index >= 15 is 0 Å². The van der Waals surface area contributed by atoms with Crippen LogP contribution in [0, 0.1) is 0 Å². The maximum atomic E-state index is 13.2. The Morgan fingerprint density at radius 2 is 1.44 bits per heavy atom. The van der Waals surface area contributed by atoms with Crippen LogP contribution in [0.2, 0.25) is 0 Å². The Kier molecular flexibility index (Phi) is 6.21. The van der Waals surface area contributed by atoms with Gasteiger partial charge in [0.05, 0.1) is 31.4 Å². The van der Waals surface area contributed by atoms with Crippen LogP contribution in [0.4, 0.5) is 11.4 Å². The van der Waals surface area contributed by atoms with E-state index in [2.05, 4.69) is 39.0 Å². The van der Waals surface area contributed by atoms with E-state index in [1.807, 2.05) is 30.3 Å². The molecule has 0 bridgehead atoms. The van der Waals surface area contributed by atoms with E-state index in [4.69, 9.17) is 4.74 Å². The molecular formula is C25H30N4O3. The Balaban J connectivity index is 1.20. The number of hydrogen-bond acceptors (Lipinski definition) is 6. The van der Waals surface area contributed by atoms with Crippen molar-refractivity contribution in [2.75, 3.05) is 62.3 Å². The molecule has 7 heteroatoms. The molecule has 0 saturated carbocycles. The van der Waals surface area contributed by atoms with Gasteiger partial charge >= 0.3 is 0 Å². The highest BCUT2D eigenvalue weighted by Gasteiger charge is 2.43. The van der Waals surface area contributed by atoms with Crippen LogP contribution in [-0.4, -0.2) is 80.1 Å². The topological polar surface area (TPSA) is 56.3 Å². The average molecular weight is 435 g/mol. The number of carbonyl (C=O) groups is 2. The zero-order valence-electron chi connectivity index (χ0n) is 18.4. The molecule has 1 unspecified atom stereocenters. The van der Waals surface area contributed by atoms with Crippen molar-refractivity contribution < 1.29 is 14.3 Å². The predicted molar refractivity (Wildman–Crippen MR) is 124 cm³/mol. The summed E-state index contributed by atoms with van der Waals surface area (Å²) in [6.07, 6.45) is 0.267. The van der Waals surface area contributed by atoms with Crippen molar-refractivity contribution in [1.29, 1.82) is 0 Å². The molecular weight excluding hydrogens is 404 g/mol. The van der Waals surface area contributed by atoms with Crippen LogP contribution in [0.15, 0.2) is 54.6 Å². The van der Waals surface area contributed by atoms with Gasteiger partial charge in [0.15, 0.2) is 0 Å². The summed E-state index contributed by atoms with van der Waals surface area (Å²) in [5.74, 6) is -0.198. The molecule has 3 fully saturated rings. The summed E-state index contributed by atoms with van der Waals surface area (Å²) in [4.78, 5) is 34.2. The molecule has 0 aliphatic carbocycles. The molecule has 0 spiro atoms. The first-order valence-corrected chi connectivity index (χ1v) is 11.5. The van der Waals surface area contributed by atoms with Crippen molar-refractivity contribution in [2.45, 2.75) is 19.0 Å². The Hall–Kier alpha value is -2.74. The summed E-state index contributed by atoms with van der Waals surface area (Å²) in [6, 6.07) is 17.9. The average Bonchev–Trinajstić information content (AvgIpc) is 3.14. The molecule has 2 aromatic carbocycles. The van der Waals surface area contributed by atoms with Crippen LogP contribution in [0.5, 0.6) is 0 Å². The van der Waals surface area contributed by atoms with Gasteiger partial charge in [0, 0.05) is 51.5 Å². The number of carbonyl (C=O) groups excluding carboxylic acids is 2. The van der Waals surface area contributed by atoms with E-state index < -0.39 is 0 Å². The molecule has 2 aromatic rings. The second-order valence-corrected chi connectivity index (χ2v) is 8.70. The van der Waals surface area contributed by atoms with E-state index in [0.717, 1.165) is 64.7 Å².